The third-order valence-corrected chi connectivity index (χ3v) is 4.23. The molecular formula is C14H11BrN2OS. The van der Waals surface area contributed by atoms with Crippen molar-refractivity contribution in [1.29, 1.82) is 0 Å². The minimum Gasteiger partial charge on any atom is -0.440 e. The molecule has 2 N–H and O–H groups in total. The number of oxazole rings is 1. The van der Waals surface area contributed by atoms with Gasteiger partial charge in [0.25, 0.3) is 0 Å². The third-order valence-electron chi connectivity index (χ3n) is 2.66. The molecule has 0 bridgehead atoms. The molecule has 3 rings (SSSR count). The average molecular weight is 335 g/mol. The Morgan fingerprint density at radius 2 is 2.05 bits per heavy atom. The van der Waals surface area contributed by atoms with Gasteiger partial charge in [0, 0.05) is 15.1 Å². The van der Waals surface area contributed by atoms with Crippen LogP contribution in [0.3, 0.4) is 0 Å². The van der Waals surface area contributed by atoms with Crippen LogP contribution < -0.4 is 5.73 Å². The Hall–Kier alpha value is -1.46. The number of anilines is 1. The first-order valence-electron chi connectivity index (χ1n) is 5.74. The lowest BCUT2D eigenvalue weighted by atomic mass is 10.3. The lowest BCUT2D eigenvalue weighted by Gasteiger charge is -2.03. The molecule has 0 aliphatic carbocycles. The molecule has 96 valence electrons. The summed E-state index contributed by atoms with van der Waals surface area (Å²) in [7, 11) is 0. The highest BCUT2D eigenvalue weighted by Gasteiger charge is 2.07. The van der Waals surface area contributed by atoms with Gasteiger partial charge in [0.15, 0.2) is 5.58 Å². The molecule has 0 saturated heterocycles. The lowest BCUT2D eigenvalue weighted by molar-refractivity contribution is 0.556. The molecule has 1 aromatic heterocycles. The van der Waals surface area contributed by atoms with Crippen LogP contribution in [0.5, 0.6) is 0 Å². The van der Waals surface area contributed by atoms with Gasteiger partial charge in [-0.25, -0.2) is 4.98 Å². The van der Waals surface area contributed by atoms with Crippen molar-refractivity contribution in [2.45, 2.75) is 10.6 Å². The van der Waals surface area contributed by atoms with Crippen LogP contribution in [-0.4, -0.2) is 4.98 Å². The van der Waals surface area contributed by atoms with Crippen LogP contribution in [0.25, 0.3) is 11.1 Å². The Morgan fingerprint density at radius 3 is 2.84 bits per heavy atom. The first-order chi connectivity index (χ1) is 9.22. The van der Waals surface area contributed by atoms with E-state index in [0.717, 1.165) is 26.2 Å². The van der Waals surface area contributed by atoms with E-state index in [1.54, 1.807) is 11.8 Å². The molecule has 1 heterocycles. The Morgan fingerprint density at radius 1 is 1.21 bits per heavy atom. The van der Waals surface area contributed by atoms with Crippen molar-refractivity contribution in [1.82, 2.24) is 4.98 Å². The molecule has 0 spiro atoms. The van der Waals surface area contributed by atoms with Gasteiger partial charge in [-0.2, -0.15) is 0 Å². The number of rotatable bonds is 3. The summed E-state index contributed by atoms with van der Waals surface area (Å²) in [4.78, 5) is 5.47. The molecule has 5 heteroatoms. The number of hydrogen-bond donors (Lipinski definition) is 1. The Labute approximate surface area is 123 Å². The number of thioether (sulfide) groups is 1. The van der Waals surface area contributed by atoms with Crippen LogP contribution >= 0.6 is 27.7 Å². The molecule has 0 radical (unpaired) electrons. The van der Waals surface area contributed by atoms with Gasteiger partial charge in [-0.3, -0.25) is 0 Å². The van der Waals surface area contributed by atoms with Gasteiger partial charge in [-0.15, -0.1) is 11.8 Å². The fourth-order valence-corrected chi connectivity index (χ4v) is 2.94. The van der Waals surface area contributed by atoms with Crippen molar-refractivity contribution < 1.29 is 4.42 Å². The predicted molar refractivity (Wildman–Crippen MR) is 82.1 cm³/mol. The van der Waals surface area contributed by atoms with E-state index in [-0.39, 0.29) is 0 Å². The topological polar surface area (TPSA) is 52.0 Å². The molecule has 0 amide bonds. The monoisotopic (exact) mass is 334 g/mol. The summed E-state index contributed by atoms with van der Waals surface area (Å²) in [5.41, 5.74) is 8.43. The normalized spacial score (nSPS) is 11.0. The summed E-state index contributed by atoms with van der Waals surface area (Å²) in [6.45, 7) is 0. The number of fused-ring (bicyclic) bond motifs is 1. The standard InChI is InChI=1S/C14H11BrN2OS/c15-9-5-6-13(10(16)7-9)19-8-14-17-11-3-1-2-4-12(11)18-14/h1-7H,8,16H2. The van der Waals surface area contributed by atoms with E-state index in [9.17, 15) is 0 Å². The van der Waals surface area contributed by atoms with Crippen LogP contribution in [0.15, 0.2) is 56.2 Å². The summed E-state index contributed by atoms with van der Waals surface area (Å²) >= 11 is 5.02. The number of benzene rings is 2. The minimum atomic E-state index is 0.667. The zero-order valence-corrected chi connectivity index (χ0v) is 12.4. The van der Waals surface area contributed by atoms with Crippen molar-refractivity contribution in [2.24, 2.45) is 0 Å². The van der Waals surface area contributed by atoms with Crippen LogP contribution in [0, 0.1) is 0 Å². The van der Waals surface area contributed by atoms with Gasteiger partial charge < -0.3 is 10.2 Å². The summed E-state index contributed by atoms with van der Waals surface area (Å²) in [5.74, 6) is 1.38. The molecule has 0 aliphatic heterocycles. The smallest absolute Gasteiger partial charge is 0.205 e. The second-order valence-electron chi connectivity index (χ2n) is 4.05. The molecule has 0 saturated carbocycles. The van der Waals surface area contributed by atoms with E-state index in [4.69, 9.17) is 10.2 Å². The van der Waals surface area contributed by atoms with Crippen molar-refractivity contribution in [3.05, 3.63) is 52.8 Å². The van der Waals surface area contributed by atoms with Crippen LogP contribution in [0.2, 0.25) is 0 Å². The molecule has 0 unspecified atom stereocenters. The van der Waals surface area contributed by atoms with Gasteiger partial charge in [0.05, 0.1) is 5.75 Å². The molecule has 19 heavy (non-hydrogen) atoms. The number of nitrogens with zero attached hydrogens (tertiary/aromatic N) is 1. The van der Waals surface area contributed by atoms with Crippen LogP contribution in [0.1, 0.15) is 5.89 Å². The van der Waals surface area contributed by atoms with Gasteiger partial charge in [-0.05, 0) is 30.3 Å². The fraction of sp³-hybridized carbons (Fsp3) is 0.0714. The molecule has 2 aromatic carbocycles. The number of nitrogens with two attached hydrogens (primary N) is 1. The molecule has 0 fully saturated rings. The quantitative estimate of drug-likeness (QED) is 0.567. The van der Waals surface area contributed by atoms with E-state index < -0.39 is 0 Å². The second kappa shape index (κ2) is 5.27. The molecule has 0 atom stereocenters. The van der Waals surface area contributed by atoms with E-state index in [1.165, 1.54) is 0 Å². The predicted octanol–water partition coefficient (Wildman–Crippen LogP) is 4.46. The molecule has 0 aliphatic rings. The van der Waals surface area contributed by atoms with E-state index >= 15 is 0 Å². The highest BCUT2D eigenvalue weighted by Crippen LogP contribution is 2.30. The van der Waals surface area contributed by atoms with Gasteiger partial charge >= 0.3 is 0 Å². The highest BCUT2D eigenvalue weighted by molar-refractivity contribution is 9.10. The minimum absolute atomic E-state index is 0.667. The van der Waals surface area contributed by atoms with E-state index in [2.05, 4.69) is 20.9 Å². The average Bonchev–Trinajstić information content (AvgIpc) is 2.80. The summed E-state index contributed by atoms with van der Waals surface area (Å²) in [5, 5.41) is 0. The molecular weight excluding hydrogens is 324 g/mol. The van der Waals surface area contributed by atoms with Crippen molar-refractivity contribution in [3.8, 4) is 0 Å². The first-order valence-corrected chi connectivity index (χ1v) is 7.52. The number of halogens is 1. The zero-order valence-electron chi connectivity index (χ0n) is 9.97. The number of para-hydroxylation sites is 2. The number of hydrogen-bond acceptors (Lipinski definition) is 4. The Bertz CT molecular complexity index is 693. The number of aromatic nitrogens is 1. The maximum absolute atomic E-state index is 5.96. The van der Waals surface area contributed by atoms with Crippen molar-refractivity contribution in [3.63, 3.8) is 0 Å². The third kappa shape index (κ3) is 2.77. The summed E-state index contributed by atoms with van der Waals surface area (Å²) < 4.78 is 6.65. The number of nitrogen functional groups attached to an aromatic ring is 1. The SMILES string of the molecule is Nc1cc(Br)ccc1SCc1nc2ccccc2o1. The maximum atomic E-state index is 5.96. The van der Waals surface area contributed by atoms with Gasteiger partial charge in [-0.1, -0.05) is 28.1 Å². The summed E-state index contributed by atoms with van der Waals surface area (Å²) in [6.07, 6.45) is 0. The van der Waals surface area contributed by atoms with Crippen LogP contribution in [0.4, 0.5) is 5.69 Å². The van der Waals surface area contributed by atoms with Crippen LogP contribution in [-0.2, 0) is 5.75 Å². The zero-order chi connectivity index (χ0) is 13.2. The highest BCUT2D eigenvalue weighted by atomic mass is 79.9. The molecule has 3 aromatic rings. The maximum Gasteiger partial charge on any atom is 0.205 e. The lowest BCUT2D eigenvalue weighted by Crippen LogP contribution is -1.89. The second-order valence-corrected chi connectivity index (χ2v) is 5.98. The van der Waals surface area contributed by atoms with Crippen molar-refractivity contribution >= 4 is 44.5 Å². The Balaban J connectivity index is 1.78. The summed E-state index contributed by atoms with van der Waals surface area (Å²) in [6, 6.07) is 13.6. The van der Waals surface area contributed by atoms with Gasteiger partial charge in [0.1, 0.15) is 5.52 Å². The largest absolute Gasteiger partial charge is 0.440 e. The first kappa shape index (κ1) is 12.6. The van der Waals surface area contributed by atoms with Crippen molar-refractivity contribution in [2.75, 3.05) is 5.73 Å². The Kier molecular flexibility index (Phi) is 3.48. The van der Waals surface area contributed by atoms with E-state index in [0.29, 0.717) is 11.6 Å². The fourth-order valence-electron chi connectivity index (χ4n) is 1.77. The van der Waals surface area contributed by atoms with Gasteiger partial charge in [0.2, 0.25) is 5.89 Å². The van der Waals surface area contributed by atoms with E-state index in [1.807, 2.05) is 42.5 Å². The molecule has 3 nitrogen and oxygen atoms in total.